The minimum atomic E-state index is -3.97. The second kappa shape index (κ2) is 4.31. The van der Waals surface area contributed by atoms with Crippen molar-refractivity contribution >= 4 is 29.0 Å². The van der Waals surface area contributed by atoms with Gasteiger partial charge >= 0.3 is 18.9 Å². The first-order valence-electron chi connectivity index (χ1n) is 2.05. The van der Waals surface area contributed by atoms with E-state index in [-0.39, 0.29) is 18.9 Å². The molecule has 0 spiro atoms. The second-order valence-corrected chi connectivity index (χ2v) is 3.09. The molecule has 0 aromatic carbocycles. The van der Waals surface area contributed by atoms with E-state index in [9.17, 15) is 8.42 Å². The predicted molar refractivity (Wildman–Crippen MR) is 35.2 cm³/mol. The fourth-order valence-corrected chi connectivity index (χ4v) is 0.914. The number of hydrogen-bond acceptors (Lipinski definition) is 3. The SMILES string of the molecule is CC(O)CS(=O)(=O)O.[LiH]. The third-order valence-electron chi connectivity index (χ3n) is 0.452. The second-order valence-electron chi connectivity index (χ2n) is 1.60. The van der Waals surface area contributed by atoms with Gasteiger partial charge in [0.2, 0.25) is 0 Å². The third kappa shape index (κ3) is 11.8. The third-order valence-corrected chi connectivity index (χ3v) is 1.36. The van der Waals surface area contributed by atoms with Crippen molar-refractivity contribution in [2.24, 2.45) is 0 Å². The van der Waals surface area contributed by atoms with Crippen LogP contribution in [0.2, 0.25) is 0 Å². The van der Waals surface area contributed by atoms with Gasteiger partial charge in [-0.25, -0.2) is 0 Å². The van der Waals surface area contributed by atoms with Gasteiger partial charge < -0.3 is 5.11 Å². The topological polar surface area (TPSA) is 74.6 Å². The zero-order valence-electron chi connectivity index (χ0n) is 4.40. The van der Waals surface area contributed by atoms with Gasteiger partial charge in [0.15, 0.2) is 0 Å². The van der Waals surface area contributed by atoms with Crippen LogP contribution in [0.1, 0.15) is 6.92 Å². The van der Waals surface area contributed by atoms with Gasteiger partial charge in [-0.1, -0.05) is 0 Å². The van der Waals surface area contributed by atoms with Crippen LogP contribution in [0.5, 0.6) is 0 Å². The van der Waals surface area contributed by atoms with E-state index in [1.807, 2.05) is 0 Å². The van der Waals surface area contributed by atoms with E-state index in [1.165, 1.54) is 6.92 Å². The van der Waals surface area contributed by atoms with Gasteiger partial charge in [-0.15, -0.1) is 0 Å². The molecule has 6 heteroatoms. The van der Waals surface area contributed by atoms with Crippen LogP contribution >= 0.6 is 0 Å². The van der Waals surface area contributed by atoms with Crippen LogP contribution in [0.3, 0.4) is 0 Å². The molecular weight excluding hydrogens is 139 g/mol. The number of aliphatic hydroxyl groups is 1. The molecule has 4 nitrogen and oxygen atoms in total. The van der Waals surface area contributed by atoms with Crippen molar-refractivity contribution in [3.8, 4) is 0 Å². The van der Waals surface area contributed by atoms with Crippen molar-refractivity contribution in [2.75, 3.05) is 5.75 Å². The van der Waals surface area contributed by atoms with Gasteiger partial charge in [0, 0.05) is 0 Å². The number of rotatable bonds is 2. The Kier molecular flexibility index (Phi) is 5.83. The molecule has 52 valence electrons. The van der Waals surface area contributed by atoms with E-state index < -0.39 is 22.0 Å². The molecule has 0 aromatic heterocycles. The van der Waals surface area contributed by atoms with E-state index in [4.69, 9.17) is 9.66 Å². The zero-order chi connectivity index (χ0) is 6.78. The van der Waals surface area contributed by atoms with E-state index >= 15 is 0 Å². The number of hydrogen-bond donors (Lipinski definition) is 2. The first-order valence-corrected chi connectivity index (χ1v) is 3.66. The molecule has 0 saturated carbocycles. The Morgan fingerprint density at radius 3 is 1.89 bits per heavy atom. The first-order chi connectivity index (χ1) is 3.42. The number of aliphatic hydroxyl groups excluding tert-OH is 1. The van der Waals surface area contributed by atoms with Crippen LogP contribution in [0.15, 0.2) is 0 Å². The Hall–Kier alpha value is 0.467. The molecule has 0 aliphatic carbocycles. The maximum atomic E-state index is 9.84. The average Bonchev–Trinajstić information content (AvgIpc) is 1.21. The molecule has 1 unspecified atom stereocenters. The van der Waals surface area contributed by atoms with Crippen molar-refractivity contribution in [2.45, 2.75) is 13.0 Å². The van der Waals surface area contributed by atoms with Crippen LogP contribution in [-0.2, 0) is 10.1 Å². The van der Waals surface area contributed by atoms with Crippen molar-refractivity contribution in [1.29, 1.82) is 0 Å². The summed E-state index contributed by atoms with van der Waals surface area (Å²) in [7, 11) is -3.97. The van der Waals surface area contributed by atoms with Gasteiger partial charge in [0.1, 0.15) is 5.75 Å². The quantitative estimate of drug-likeness (QED) is 0.373. The summed E-state index contributed by atoms with van der Waals surface area (Å²) in [6.45, 7) is 1.29. The molecule has 0 aliphatic heterocycles. The van der Waals surface area contributed by atoms with Gasteiger partial charge in [-0.05, 0) is 6.92 Å². The molecule has 1 atom stereocenters. The molecule has 0 rings (SSSR count). The van der Waals surface area contributed by atoms with Gasteiger partial charge in [-0.3, -0.25) is 4.55 Å². The van der Waals surface area contributed by atoms with Crippen LogP contribution in [0.25, 0.3) is 0 Å². The molecule has 0 saturated heterocycles. The normalized spacial score (nSPS) is 14.1. The molecule has 0 amide bonds. The summed E-state index contributed by atoms with van der Waals surface area (Å²) in [6.07, 6.45) is -0.995. The molecule has 0 aromatic rings. The standard InChI is InChI=1S/C3H8O4S.Li.H/c1-3(4)2-8(5,6)7;;/h3-4H,2H2,1H3,(H,5,6,7);;. The van der Waals surface area contributed by atoms with Gasteiger partial charge in [0.05, 0.1) is 6.10 Å². The molecule has 0 fully saturated rings. The van der Waals surface area contributed by atoms with Crippen molar-refractivity contribution in [1.82, 2.24) is 0 Å². The Balaban J connectivity index is 0. The summed E-state index contributed by atoms with van der Waals surface area (Å²) in [5.41, 5.74) is 0. The Bertz CT molecular complexity index is 149. The molecule has 2 N–H and O–H groups in total. The molecule has 0 radical (unpaired) electrons. The summed E-state index contributed by atoms with van der Waals surface area (Å²) >= 11 is 0. The minimum absolute atomic E-state index is 0. The van der Waals surface area contributed by atoms with E-state index in [0.29, 0.717) is 0 Å². The van der Waals surface area contributed by atoms with Crippen LogP contribution in [0.4, 0.5) is 0 Å². The van der Waals surface area contributed by atoms with Gasteiger partial charge in [0.25, 0.3) is 10.1 Å². The van der Waals surface area contributed by atoms with Gasteiger partial charge in [-0.2, -0.15) is 8.42 Å². The summed E-state index contributed by atoms with van der Waals surface area (Å²) < 4.78 is 27.7. The maximum absolute atomic E-state index is 9.84. The fraction of sp³-hybridized carbons (Fsp3) is 1.00. The van der Waals surface area contributed by atoms with Crippen molar-refractivity contribution in [3.63, 3.8) is 0 Å². The van der Waals surface area contributed by atoms with Crippen LogP contribution < -0.4 is 0 Å². The monoisotopic (exact) mass is 148 g/mol. The molecule has 0 heterocycles. The molecule has 0 bridgehead atoms. The van der Waals surface area contributed by atoms with Crippen molar-refractivity contribution in [3.05, 3.63) is 0 Å². The molecule has 9 heavy (non-hydrogen) atoms. The Labute approximate surface area is 66.2 Å². The van der Waals surface area contributed by atoms with Crippen LogP contribution in [-0.4, -0.2) is 48.8 Å². The molecular formula is C3H9LiO4S. The summed E-state index contributed by atoms with van der Waals surface area (Å²) in [5.74, 6) is -0.590. The molecule has 0 aliphatic rings. The van der Waals surface area contributed by atoms with E-state index in [2.05, 4.69) is 0 Å². The summed E-state index contributed by atoms with van der Waals surface area (Å²) in [6, 6.07) is 0. The van der Waals surface area contributed by atoms with Crippen molar-refractivity contribution < 1.29 is 18.1 Å². The van der Waals surface area contributed by atoms with Crippen LogP contribution in [0, 0.1) is 0 Å². The Morgan fingerprint density at radius 2 is 1.89 bits per heavy atom. The summed E-state index contributed by atoms with van der Waals surface area (Å²) in [5, 5.41) is 8.35. The summed E-state index contributed by atoms with van der Waals surface area (Å²) in [4.78, 5) is 0. The van der Waals surface area contributed by atoms with E-state index in [1.54, 1.807) is 0 Å². The average molecular weight is 148 g/mol. The first kappa shape index (κ1) is 12.2. The van der Waals surface area contributed by atoms with E-state index in [0.717, 1.165) is 0 Å². The fourth-order valence-electron chi connectivity index (χ4n) is 0.305. The Morgan fingerprint density at radius 1 is 1.56 bits per heavy atom. The zero-order valence-corrected chi connectivity index (χ0v) is 5.22. The predicted octanol–water partition coefficient (Wildman–Crippen LogP) is -1.39.